The number of aromatic nitrogens is 1. The van der Waals surface area contributed by atoms with Crippen molar-refractivity contribution in [2.75, 3.05) is 46.0 Å². The van der Waals surface area contributed by atoms with Gasteiger partial charge in [0.25, 0.3) is 5.91 Å². The van der Waals surface area contributed by atoms with Gasteiger partial charge in [-0.1, -0.05) is 0 Å². The molecule has 2 heterocycles. The zero-order valence-electron chi connectivity index (χ0n) is 14.9. The van der Waals surface area contributed by atoms with Crippen LogP contribution in [0.25, 0.3) is 0 Å². The van der Waals surface area contributed by atoms with Crippen LogP contribution in [0.1, 0.15) is 35.0 Å². The quantitative estimate of drug-likeness (QED) is 0.411. The van der Waals surface area contributed by atoms with E-state index in [1.807, 2.05) is 0 Å². The summed E-state index contributed by atoms with van der Waals surface area (Å²) in [5, 5.41) is 10.7. The molecule has 0 atom stereocenters. The van der Waals surface area contributed by atoms with Crippen LogP contribution < -0.4 is 0 Å². The summed E-state index contributed by atoms with van der Waals surface area (Å²) in [6, 6.07) is 0. The molecule has 0 unspecified atom stereocenters. The number of hydroxylamine groups is 2. The normalized spacial score (nSPS) is 15.2. The molecule has 8 nitrogen and oxygen atoms in total. The molecule has 25 heavy (non-hydrogen) atoms. The average molecular weight is 353 g/mol. The fraction of sp³-hybridized carbons (Fsp3) is 0.647. The summed E-state index contributed by atoms with van der Waals surface area (Å²) < 4.78 is 10.3. The highest BCUT2D eigenvalue weighted by Crippen LogP contribution is 2.16. The lowest BCUT2D eigenvalue weighted by atomic mass is 10.1. The molecular weight excluding hydrogens is 326 g/mol. The van der Waals surface area contributed by atoms with Crippen LogP contribution in [0.2, 0.25) is 0 Å². The van der Waals surface area contributed by atoms with Crippen molar-refractivity contribution in [3.63, 3.8) is 0 Å². The van der Waals surface area contributed by atoms with Crippen LogP contribution in [-0.4, -0.2) is 78.0 Å². The number of ether oxygens (including phenoxy) is 2. The highest BCUT2D eigenvalue weighted by atomic mass is 16.5. The number of hydrogen-bond donors (Lipinski definition) is 2. The van der Waals surface area contributed by atoms with Gasteiger partial charge in [0.2, 0.25) is 0 Å². The number of carbonyl (C=O) groups is 2. The van der Waals surface area contributed by atoms with Crippen LogP contribution in [0, 0.1) is 6.92 Å². The number of morpholine rings is 1. The molecule has 1 aliphatic heterocycles. The molecule has 0 saturated carbocycles. The van der Waals surface area contributed by atoms with E-state index in [-0.39, 0.29) is 19.6 Å². The maximum atomic E-state index is 12.2. The van der Waals surface area contributed by atoms with E-state index < -0.39 is 11.9 Å². The molecule has 0 radical (unpaired) electrons. The minimum atomic E-state index is -0.458. The smallest absolute Gasteiger partial charge is 0.340 e. The molecule has 1 saturated heterocycles. The second-order valence-corrected chi connectivity index (χ2v) is 6.05. The molecule has 1 aromatic heterocycles. The van der Waals surface area contributed by atoms with Crippen molar-refractivity contribution in [3.05, 3.63) is 23.0 Å². The van der Waals surface area contributed by atoms with Crippen LogP contribution in [0.4, 0.5) is 0 Å². The van der Waals surface area contributed by atoms with Gasteiger partial charge in [0, 0.05) is 38.1 Å². The van der Waals surface area contributed by atoms with E-state index >= 15 is 0 Å². The van der Waals surface area contributed by atoms with Gasteiger partial charge in [-0.2, -0.15) is 0 Å². The Morgan fingerprint density at radius 2 is 2.12 bits per heavy atom. The van der Waals surface area contributed by atoms with Crippen LogP contribution in [-0.2, 0) is 20.7 Å². The fourth-order valence-corrected chi connectivity index (χ4v) is 2.84. The van der Waals surface area contributed by atoms with Crippen molar-refractivity contribution in [2.45, 2.75) is 26.7 Å². The van der Waals surface area contributed by atoms with E-state index in [1.165, 1.54) is 0 Å². The second-order valence-electron chi connectivity index (χ2n) is 6.05. The zero-order valence-corrected chi connectivity index (χ0v) is 14.9. The van der Waals surface area contributed by atoms with Crippen LogP contribution in [0.3, 0.4) is 0 Å². The molecule has 1 aliphatic rings. The first-order valence-electron chi connectivity index (χ1n) is 8.66. The number of aromatic amines is 1. The molecule has 0 spiro atoms. The Kier molecular flexibility index (Phi) is 7.42. The second kappa shape index (κ2) is 9.55. The number of esters is 1. The Labute approximate surface area is 147 Å². The predicted octanol–water partition coefficient (Wildman–Crippen LogP) is 0.982. The summed E-state index contributed by atoms with van der Waals surface area (Å²) in [6.45, 7) is 8.05. The molecule has 2 N–H and O–H groups in total. The van der Waals surface area contributed by atoms with Crippen molar-refractivity contribution < 1.29 is 24.3 Å². The molecule has 1 fully saturated rings. The van der Waals surface area contributed by atoms with E-state index in [0.29, 0.717) is 17.7 Å². The molecule has 1 aromatic rings. The number of hydrogen-bond acceptors (Lipinski definition) is 6. The highest BCUT2D eigenvalue weighted by Gasteiger charge is 2.21. The van der Waals surface area contributed by atoms with Gasteiger partial charge < -0.3 is 14.5 Å². The number of amides is 1. The number of rotatable bonds is 8. The third-order valence-corrected chi connectivity index (χ3v) is 4.20. The van der Waals surface area contributed by atoms with Crippen LogP contribution >= 0.6 is 0 Å². The maximum absolute atomic E-state index is 12.2. The molecule has 1 amide bonds. The van der Waals surface area contributed by atoms with Gasteiger partial charge >= 0.3 is 5.97 Å². The molecule has 0 aliphatic carbocycles. The van der Waals surface area contributed by atoms with Crippen molar-refractivity contribution in [1.29, 1.82) is 0 Å². The lowest BCUT2D eigenvalue weighted by molar-refractivity contribution is -0.165. The van der Waals surface area contributed by atoms with Gasteiger partial charge in [-0.05, 0) is 25.8 Å². The first-order valence-corrected chi connectivity index (χ1v) is 8.66. The first kappa shape index (κ1) is 19.4. The summed E-state index contributed by atoms with van der Waals surface area (Å²) in [5.74, 6) is -0.907. The topological polar surface area (TPSA) is 95.1 Å². The summed E-state index contributed by atoms with van der Waals surface area (Å²) in [4.78, 5) is 29.4. The van der Waals surface area contributed by atoms with Gasteiger partial charge in [0.1, 0.15) is 0 Å². The molecule has 8 heteroatoms. The number of carbonyl (C=O) groups excluding carboxylic acids is 2. The molecule has 140 valence electrons. The number of nitrogens with zero attached hydrogens (tertiary/aromatic N) is 2. The Hall–Kier alpha value is -1.90. The lowest BCUT2D eigenvalue weighted by Crippen LogP contribution is -2.38. The SMILES string of the molecule is CCOC(=O)c1c(C)c[nH]c1CC(=O)N(O)CCCN1CCOCC1. The van der Waals surface area contributed by atoms with Crippen LogP contribution in [0.15, 0.2) is 6.20 Å². The minimum absolute atomic E-state index is 0.0734. The van der Waals surface area contributed by atoms with Gasteiger partial charge in [-0.15, -0.1) is 0 Å². The number of nitrogens with one attached hydrogen (secondary N) is 1. The predicted molar refractivity (Wildman–Crippen MR) is 90.6 cm³/mol. The van der Waals surface area contributed by atoms with E-state index in [0.717, 1.165) is 43.5 Å². The van der Waals surface area contributed by atoms with Gasteiger partial charge in [-0.25, -0.2) is 9.86 Å². The van der Waals surface area contributed by atoms with Gasteiger partial charge in [0.15, 0.2) is 0 Å². The largest absolute Gasteiger partial charge is 0.462 e. The van der Waals surface area contributed by atoms with Crippen molar-refractivity contribution in [1.82, 2.24) is 14.9 Å². The van der Waals surface area contributed by atoms with E-state index in [1.54, 1.807) is 20.0 Å². The third-order valence-electron chi connectivity index (χ3n) is 4.20. The molecule has 0 aromatic carbocycles. The summed E-state index contributed by atoms with van der Waals surface area (Å²) >= 11 is 0. The third kappa shape index (κ3) is 5.55. The van der Waals surface area contributed by atoms with Crippen molar-refractivity contribution in [3.8, 4) is 0 Å². The van der Waals surface area contributed by atoms with E-state index in [4.69, 9.17) is 9.47 Å². The fourth-order valence-electron chi connectivity index (χ4n) is 2.84. The van der Waals surface area contributed by atoms with E-state index in [2.05, 4.69) is 9.88 Å². The van der Waals surface area contributed by atoms with Crippen molar-refractivity contribution >= 4 is 11.9 Å². The zero-order chi connectivity index (χ0) is 18.2. The van der Waals surface area contributed by atoms with E-state index in [9.17, 15) is 14.8 Å². The Morgan fingerprint density at radius 3 is 2.80 bits per heavy atom. The van der Waals surface area contributed by atoms with Crippen LogP contribution in [0.5, 0.6) is 0 Å². The lowest BCUT2D eigenvalue weighted by Gasteiger charge is -2.27. The molecule has 0 bridgehead atoms. The Bertz CT molecular complexity index is 581. The molecular formula is C17H27N3O5. The summed E-state index contributed by atoms with van der Waals surface area (Å²) in [7, 11) is 0. The minimum Gasteiger partial charge on any atom is -0.462 e. The summed E-state index contributed by atoms with van der Waals surface area (Å²) in [6.07, 6.45) is 2.27. The summed E-state index contributed by atoms with van der Waals surface area (Å²) in [5.41, 5.74) is 1.56. The first-order chi connectivity index (χ1) is 12.0. The molecule has 2 rings (SSSR count). The maximum Gasteiger partial charge on any atom is 0.340 e. The average Bonchev–Trinajstić information content (AvgIpc) is 2.96. The number of H-pyrrole nitrogens is 1. The van der Waals surface area contributed by atoms with Crippen molar-refractivity contribution in [2.24, 2.45) is 0 Å². The number of aryl methyl sites for hydroxylation is 1. The standard InChI is InChI=1S/C17H27N3O5/c1-3-25-17(22)16-13(2)12-18-14(16)11-15(21)20(23)6-4-5-19-7-9-24-10-8-19/h12,18,23H,3-11H2,1-2H3. The monoisotopic (exact) mass is 353 g/mol. The Balaban J connectivity index is 1.83. The highest BCUT2D eigenvalue weighted by molar-refractivity contribution is 5.94. The Morgan fingerprint density at radius 1 is 1.40 bits per heavy atom. The van der Waals surface area contributed by atoms with Gasteiger partial charge in [0.05, 0.1) is 31.8 Å². The van der Waals surface area contributed by atoms with Gasteiger partial charge in [-0.3, -0.25) is 14.9 Å².